The minimum atomic E-state index is -0.0290. The van der Waals surface area contributed by atoms with Gasteiger partial charge in [0, 0.05) is 4.88 Å². The second-order valence-electron chi connectivity index (χ2n) is 3.14. The van der Waals surface area contributed by atoms with Crippen molar-refractivity contribution >= 4 is 22.9 Å². The predicted octanol–water partition coefficient (Wildman–Crippen LogP) is 2.95. The Kier molecular flexibility index (Phi) is 3.38. The van der Waals surface area contributed by atoms with Crippen molar-refractivity contribution in [3.63, 3.8) is 0 Å². The van der Waals surface area contributed by atoms with Gasteiger partial charge in [0.15, 0.2) is 0 Å². The second kappa shape index (κ2) is 4.77. The minimum absolute atomic E-state index is 0.0290. The van der Waals surface area contributed by atoms with Gasteiger partial charge in [0.25, 0.3) is 0 Å². The first-order valence-electron chi connectivity index (χ1n) is 4.57. The first-order valence-corrected chi connectivity index (χ1v) is 5.82. The molecule has 4 heteroatoms. The van der Waals surface area contributed by atoms with Gasteiger partial charge in [0.2, 0.25) is 0 Å². The van der Waals surface area contributed by atoms with Crippen molar-refractivity contribution < 1.29 is 0 Å². The molecule has 0 saturated carbocycles. The van der Waals surface area contributed by atoms with Crippen molar-refractivity contribution in [2.24, 2.45) is 5.84 Å². The molecule has 2 aromatic rings. The van der Waals surface area contributed by atoms with Gasteiger partial charge in [0.1, 0.15) is 0 Å². The van der Waals surface area contributed by atoms with Crippen LogP contribution in [0.4, 0.5) is 0 Å². The lowest BCUT2D eigenvalue weighted by molar-refractivity contribution is 0.647. The number of rotatable bonds is 3. The highest BCUT2D eigenvalue weighted by atomic mass is 35.5. The van der Waals surface area contributed by atoms with Crippen molar-refractivity contribution in [3.05, 3.63) is 57.2 Å². The van der Waals surface area contributed by atoms with Gasteiger partial charge in [-0.25, -0.2) is 5.43 Å². The zero-order valence-corrected chi connectivity index (χ0v) is 9.55. The van der Waals surface area contributed by atoms with Crippen molar-refractivity contribution in [1.29, 1.82) is 0 Å². The van der Waals surface area contributed by atoms with Crippen molar-refractivity contribution in [1.82, 2.24) is 5.43 Å². The molecule has 15 heavy (non-hydrogen) atoms. The summed E-state index contributed by atoms with van der Waals surface area (Å²) in [4.78, 5) is 1.05. The third-order valence-corrected chi connectivity index (χ3v) is 3.63. The molecule has 3 N–H and O–H groups in total. The molecule has 1 unspecified atom stereocenters. The molecule has 1 heterocycles. The molecule has 0 aliphatic rings. The lowest BCUT2D eigenvalue weighted by atomic mass is 10.1. The highest BCUT2D eigenvalue weighted by Crippen LogP contribution is 2.32. The number of hydrazine groups is 1. The van der Waals surface area contributed by atoms with Crippen LogP contribution in [-0.2, 0) is 0 Å². The van der Waals surface area contributed by atoms with E-state index in [4.69, 9.17) is 17.4 Å². The number of thiophene rings is 1. The molecule has 0 saturated heterocycles. The molecule has 0 aliphatic heterocycles. The lowest BCUT2D eigenvalue weighted by Crippen LogP contribution is -2.28. The number of halogens is 1. The van der Waals surface area contributed by atoms with E-state index >= 15 is 0 Å². The van der Waals surface area contributed by atoms with Crippen LogP contribution in [0.3, 0.4) is 0 Å². The van der Waals surface area contributed by atoms with Gasteiger partial charge in [-0.2, -0.15) is 0 Å². The van der Waals surface area contributed by atoms with Gasteiger partial charge >= 0.3 is 0 Å². The third kappa shape index (κ3) is 2.21. The quantitative estimate of drug-likeness (QED) is 0.637. The minimum Gasteiger partial charge on any atom is -0.271 e. The van der Waals surface area contributed by atoms with Crippen LogP contribution in [0.2, 0.25) is 5.02 Å². The molecule has 0 bridgehead atoms. The molecule has 1 aromatic heterocycles. The SMILES string of the molecule is NNC(c1ccccc1)c1sccc1Cl. The van der Waals surface area contributed by atoms with Gasteiger partial charge in [-0.05, 0) is 17.0 Å². The van der Waals surface area contributed by atoms with E-state index in [0.717, 1.165) is 15.5 Å². The summed E-state index contributed by atoms with van der Waals surface area (Å²) >= 11 is 7.68. The van der Waals surface area contributed by atoms with E-state index in [-0.39, 0.29) is 6.04 Å². The number of hydrogen-bond acceptors (Lipinski definition) is 3. The lowest BCUT2D eigenvalue weighted by Gasteiger charge is -2.15. The van der Waals surface area contributed by atoms with Crippen LogP contribution in [0, 0.1) is 0 Å². The van der Waals surface area contributed by atoms with Crippen LogP contribution >= 0.6 is 22.9 Å². The summed E-state index contributed by atoms with van der Waals surface area (Å²) in [6, 6.07) is 11.9. The highest BCUT2D eigenvalue weighted by Gasteiger charge is 2.16. The van der Waals surface area contributed by atoms with Crippen LogP contribution in [0.5, 0.6) is 0 Å². The molecule has 1 atom stereocenters. The van der Waals surface area contributed by atoms with Crippen molar-refractivity contribution in [2.45, 2.75) is 6.04 Å². The predicted molar refractivity (Wildman–Crippen MR) is 64.9 cm³/mol. The van der Waals surface area contributed by atoms with Crippen LogP contribution in [0.25, 0.3) is 0 Å². The van der Waals surface area contributed by atoms with E-state index in [1.807, 2.05) is 41.8 Å². The van der Waals surface area contributed by atoms with Crippen molar-refractivity contribution in [2.75, 3.05) is 0 Å². The fourth-order valence-corrected chi connectivity index (χ4v) is 2.73. The van der Waals surface area contributed by atoms with Crippen LogP contribution in [0.1, 0.15) is 16.5 Å². The summed E-state index contributed by atoms with van der Waals surface area (Å²) in [7, 11) is 0. The molecule has 2 rings (SSSR count). The number of nitrogens with one attached hydrogen (secondary N) is 1. The largest absolute Gasteiger partial charge is 0.271 e. The number of nitrogens with two attached hydrogens (primary N) is 1. The smallest absolute Gasteiger partial charge is 0.0817 e. The van der Waals surface area contributed by atoms with Crippen LogP contribution < -0.4 is 11.3 Å². The Labute approximate surface area is 97.7 Å². The summed E-state index contributed by atoms with van der Waals surface area (Å²) in [5, 5.41) is 2.72. The summed E-state index contributed by atoms with van der Waals surface area (Å²) < 4.78 is 0. The zero-order valence-electron chi connectivity index (χ0n) is 7.98. The Hall–Kier alpha value is -0.870. The van der Waals surface area contributed by atoms with Crippen LogP contribution in [0.15, 0.2) is 41.8 Å². The first-order chi connectivity index (χ1) is 7.33. The highest BCUT2D eigenvalue weighted by molar-refractivity contribution is 7.10. The van der Waals surface area contributed by atoms with E-state index in [1.165, 1.54) is 0 Å². The third-order valence-electron chi connectivity index (χ3n) is 2.21. The molecule has 0 fully saturated rings. The molecule has 0 spiro atoms. The van der Waals surface area contributed by atoms with E-state index in [0.29, 0.717) is 0 Å². The molecule has 78 valence electrons. The number of hydrogen-bond donors (Lipinski definition) is 2. The van der Waals surface area contributed by atoms with Gasteiger partial charge < -0.3 is 0 Å². The average molecular weight is 239 g/mol. The summed E-state index contributed by atoms with van der Waals surface area (Å²) in [5.74, 6) is 5.56. The summed E-state index contributed by atoms with van der Waals surface area (Å²) in [5.41, 5.74) is 3.90. The fraction of sp³-hybridized carbons (Fsp3) is 0.0909. The standard InChI is InChI=1S/C11H11ClN2S/c12-9-6-7-15-11(9)10(14-13)8-4-2-1-3-5-8/h1-7,10,14H,13H2. The van der Waals surface area contributed by atoms with E-state index in [9.17, 15) is 0 Å². The molecular weight excluding hydrogens is 228 g/mol. The molecule has 2 nitrogen and oxygen atoms in total. The van der Waals surface area contributed by atoms with E-state index in [2.05, 4.69) is 5.43 Å². The Bertz CT molecular complexity index is 427. The maximum absolute atomic E-state index is 6.08. The van der Waals surface area contributed by atoms with Crippen molar-refractivity contribution in [3.8, 4) is 0 Å². The first kappa shape index (κ1) is 10.6. The molecule has 0 amide bonds. The molecular formula is C11H11ClN2S. The Morgan fingerprint density at radius 3 is 2.47 bits per heavy atom. The Balaban J connectivity index is 2.37. The maximum atomic E-state index is 6.08. The number of benzene rings is 1. The van der Waals surface area contributed by atoms with Gasteiger partial charge in [-0.15, -0.1) is 11.3 Å². The monoisotopic (exact) mass is 238 g/mol. The molecule has 0 radical (unpaired) electrons. The Morgan fingerprint density at radius 1 is 1.20 bits per heavy atom. The van der Waals surface area contributed by atoms with Crippen LogP contribution in [-0.4, -0.2) is 0 Å². The second-order valence-corrected chi connectivity index (χ2v) is 4.50. The maximum Gasteiger partial charge on any atom is 0.0817 e. The topological polar surface area (TPSA) is 38.0 Å². The van der Waals surface area contributed by atoms with Gasteiger partial charge in [-0.1, -0.05) is 41.9 Å². The van der Waals surface area contributed by atoms with Gasteiger partial charge in [-0.3, -0.25) is 5.84 Å². The molecule has 0 aliphatic carbocycles. The fourth-order valence-electron chi connectivity index (χ4n) is 1.48. The van der Waals surface area contributed by atoms with E-state index < -0.39 is 0 Å². The van der Waals surface area contributed by atoms with Gasteiger partial charge in [0.05, 0.1) is 11.1 Å². The average Bonchev–Trinajstić information content (AvgIpc) is 2.68. The normalized spacial score (nSPS) is 12.7. The zero-order chi connectivity index (χ0) is 10.7. The summed E-state index contributed by atoms with van der Waals surface area (Å²) in [6.07, 6.45) is 0. The molecule has 1 aromatic carbocycles. The van der Waals surface area contributed by atoms with E-state index in [1.54, 1.807) is 11.3 Å². The summed E-state index contributed by atoms with van der Waals surface area (Å²) in [6.45, 7) is 0. The Morgan fingerprint density at radius 2 is 1.93 bits per heavy atom.